The van der Waals surface area contributed by atoms with Gasteiger partial charge in [0.2, 0.25) is 11.8 Å². The van der Waals surface area contributed by atoms with Gasteiger partial charge in [0.05, 0.1) is 6.61 Å². The van der Waals surface area contributed by atoms with Gasteiger partial charge in [-0.05, 0) is 53.4 Å². The van der Waals surface area contributed by atoms with Gasteiger partial charge in [-0.15, -0.1) is 0 Å². The summed E-state index contributed by atoms with van der Waals surface area (Å²) in [7, 11) is 0. The number of ether oxygens (including phenoxy) is 1. The third-order valence-electron chi connectivity index (χ3n) is 8.28. The van der Waals surface area contributed by atoms with Gasteiger partial charge in [0.1, 0.15) is 17.6 Å². The monoisotopic (exact) mass is 608 g/mol. The Hall–Kier alpha value is -5.25. The molecular formula is C35H33FN4O5. The number of fused-ring (bicyclic) bond motifs is 1. The Bertz CT molecular complexity index is 1770. The average molecular weight is 609 g/mol. The number of rotatable bonds is 10. The van der Waals surface area contributed by atoms with Crippen molar-refractivity contribution in [2.24, 2.45) is 5.92 Å². The molecular weight excluding hydrogens is 575 g/mol. The van der Waals surface area contributed by atoms with Gasteiger partial charge in [-0.2, -0.15) is 0 Å². The highest BCUT2D eigenvalue weighted by molar-refractivity contribution is 5.99. The molecule has 0 bridgehead atoms. The summed E-state index contributed by atoms with van der Waals surface area (Å²) >= 11 is 0. The van der Waals surface area contributed by atoms with Crippen LogP contribution in [0, 0.1) is 11.7 Å². The van der Waals surface area contributed by atoms with E-state index in [4.69, 9.17) is 4.74 Å². The number of amides is 3. The summed E-state index contributed by atoms with van der Waals surface area (Å²) in [6.07, 6.45) is 3.04. The molecule has 10 heteroatoms. The number of aromatic nitrogens is 1. The third kappa shape index (κ3) is 6.95. The van der Waals surface area contributed by atoms with Gasteiger partial charge in [0, 0.05) is 48.2 Å². The highest BCUT2D eigenvalue weighted by atomic mass is 19.1. The van der Waals surface area contributed by atoms with Gasteiger partial charge in [0.15, 0.2) is 0 Å². The van der Waals surface area contributed by atoms with Gasteiger partial charge >= 0.3 is 5.97 Å². The maximum absolute atomic E-state index is 13.8. The molecule has 2 fully saturated rings. The quantitative estimate of drug-likeness (QED) is 0.159. The molecule has 4 aromatic rings. The molecule has 0 unspecified atom stereocenters. The standard InChI is InChI=1S/C35H33FN4O5/c36-25-10-8-21(9-11-25)18-31(34(43)38-26(19-23-14-16-37-32(23)41)20-24-15-17-45-35(24)44)40-33(42)30-13-12-29(39-30)28-7-3-5-22-4-1-2-6-27(22)28/h1-13,20,23,26,31,39H,14-19H2,(H,37,41)(H,38,43)(H,40,42)/t23-,26-,31-/m0/s1. The molecule has 0 saturated carbocycles. The largest absolute Gasteiger partial charge is 0.462 e. The number of hydrogen-bond donors (Lipinski definition) is 4. The Balaban J connectivity index is 1.24. The second kappa shape index (κ2) is 13.2. The molecule has 4 N–H and O–H groups in total. The average Bonchev–Trinajstić information content (AvgIpc) is 3.80. The van der Waals surface area contributed by atoms with Crippen LogP contribution >= 0.6 is 0 Å². The van der Waals surface area contributed by atoms with Crippen LogP contribution in [0.4, 0.5) is 4.39 Å². The molecule has 6 rings (SSSR count). The predicted molar refractivity (Wildman–Crippen MR) is 166 cm³/mol. The predicted octanol–water partition coefficient (Wildman–Crippen LogP) is 4.20. The molecule has 3 atom stereocenters. The van der Waals surface area contributed by atoms with Crippen molar-refractivity contribution in [2.75, 3.05) is 13.2 Å². The van der Waals surface area contributed by atoms with Gasteiger partial charge < -0.3 is 25.7 Å². The fourth-order valence-corrected chi connectivity index (χ4v) is 5.92. The zero-order valence-electron chi connectivity index (χ0n) is 24.5. The number of halogens is 1. The molecule has 2 aliphatic rings. The lowest BCUT2D eigenvalue weighted by Gasteiger charge is -2.23. The Morgan fingerprint density at radius 2 is 1.78 bits per heavy atom. The molecule has 3 aromatic carbocycles. The summed E-state index contributed by atoms with van der Waals surface area (Å²) in [6, 6.07) is 21.4. The van der Waals surface area contributed by atoms with E-state index in [0.29, 0.717) is 30.5 Å². The van der Waals surface area contributed by atoms with Crippen molar-refractivity contribution in [2.45, 2.75) is 37.8 Å². The van der Waals surface area contributed by atoms with Crippen LogP contribution in [0.2, 0.25) is 0 Å². The number of H-pyrrole nitrogens is 1. The molecule has 2 saturated heterocycles. The zero-order valence-corrected chi connectivity index (χ0v) is 24.5. The Morgan fingerprint density at radius 1 is 0.978 bits per heavy atom. The molecule has 0 spiro atoms. The van der Waals surface area contributed by atoms with Crippen molar-refractivity contribution >= 4 is 34.5 Å². The lowest BCUT2D eigenvalue weighted by Crippen LogP contribution is -2.51. The molecule has 2 aliphatic heterocycles. The number of carbonyl (C=O) groups excluding carboxylic acids is 4. The van der Waals surface area contributed by atoms with E-state index in [0.717, 1.165) is 22.0 Å². The van der Waals surface area contributed by atoms with Crippen molar-refractivity contribution in [3.05, 3.63) is 108 Å². The minimum Gasteiger partial charge on any atom is -0.462 e. The first kappa shape index (κ1) is 29.8. The number of aromatic amines is 1. The number of benzene rings is 3. The third-order valence-corrected chi connectivity index (χ3v) is 8.28. The van der Waals surface area contributed by atoms with E-state index in [1.54, 1.807) is 24.3 Å². The van der Waals surface area contributed by atoms with Crippen LogP contribution < -0.4 is 16.0 Å². The van der Waals surface area contributed by atoms with E-state index in [-0.39, 0.29) is 37.0 Å². The van der Waals surface area contributed by atoms with Gasteiger partial charge in [-0.1, -0.05) is 60.7 Å². The van der Waals surface area contributed by atoms with E-state index in [9.17, 15) is 23.6 Å². The molecule has 1 aromatic heterocycles. The van der Waals surface area contributed by atoms with E-state index in [2.05, 4.69) is 20.9 Å². The first-order valence-electron chi connectivity index (χ1n) is 15.0. The van der Waals surface area contributed by atoms with Crippen molar-refractivity contribution in [1.29, 1.82) is 0 Å². The van der Waals surface area contributed by atoms with Crippen LogP contribution in [0.1, 0.15) is 35.3 Å². The molecule has 0 radical (unpaired) electrons. The minimum atomic E-state index is -1.04. The highest BCUT2D eigenvalue weighted by Gasteiger charge is 2.31. The first-order valence-corrected chi connectivity index (χ1v) is 15.0. The molecule has 3 heterocycles. The Morgan fingerprint density at radius 3 is 2.53 bits per heavy atom. The number of esters is 1. The summed E-state index contributed by atoms with van der Waals surface area (Å²) in [6.45, 7) is 0.804. The number of nitrogens with one attached hydrogen (secondary N) is 4. The maximum atomic E-state index is 13.8. The number of hydrogen-bond acceptors (Lipinski definition) is 5. The second-order valence-electron chi connectivity index (χ2n) is 11.4. The van der Waals surface area contributed by atoms with E-state index >= 15 is 0 Å². The molecule has 45 heavy (non-hydrogen) atoms. The van der Waals surface area contributed by atoms with Crippen LogP contribution in [-0.4, -0.2) is 53.9 Å². The summed E-state index contributed by atoms with van der Waals surface area (Å²) in [5.74, 6) is -2.29. The number of carbonyl (C=O) groups is 4. The topological polar surface area (TPSA) is 129 Å². The smallest absolute Gasteiger partial charge is 0.333 e. The number of cyclic esters (lactones) is 1. The van der Waals surface area contributed by atoms with Gasteiger partial charge in [0.25, 0.3) is 5.91 Å². The molecule has 0 aliphatic carbocycles. The Kier molecular flexibility index (Phi) is 8.72. The highest BCUT2D eigenvalue weighted by Crippen LogP contribution is 2.28. The lowest BCUT2D eigenvalue weighted by molar-refractivity contribution is -0.135. The lowest BCUT2D eigenvalue weighted by atomic mass is 9.95. The van der Waals surface area contributed by atoms with Crippen molar-refractivity contribution < 1.29 is 28.3 Å². The maximum Gasteiger partial charge on any atom is 0.333 e. The Labute approximate surface area is 259 Å². The van der Waals surface area contributed by atoms with E-state index in [1.165, 1.54) is 12.1 Å². The summed E-state index contributed by atoms with van der Waals surface area (Å²) < 4.78 is 18.7. The summed E-state index contributed by atoms with van der Waals surface area (Å²) in [5, 5.41) is 10.7. The molecule has 3 amide bonds. The molecule has 230 valence electrons. The van der Waals surface area contributed by atoms with E-state index < -0.39 is 35.7 Å². The van der Waals surface area contributed by atoms with Crippen LogP contribution in [0.5, 0.6) is 0 Å². The van der Waals surface area contributed by atoms with Crippen LogP contribution in [0.25, 0.3) is 22.0 Å². The van der Waals surface area contributed by atoms with Crippen molar-refractivity contribution in [3.63, 3.8) is 0 Å². The van der Waals surface area contributed by atoms with Gasteiger partial charge in [-0.3, -0.25) is 14.4 Å². The van der Waals surface area contributed by atoms with Crippen LogP contribution in [0.15, 0.2) is 90.5 Å². The van der Waals surface area contributed by atoms with Crippen LogP contribution in [-0.2, 0) is 25.5 Å². The normalized spacial score (nSPS) is 18.4. The van der Waals surface area contributed by atoms with Crippen molar-refractivity contribution in [1.82, 2.24) is 20.9 Å². The minimum absolute atomic E-state index is 0.0873. The SMILES string of the molecule is O=C1OCCC1=C[C@H](C[C@@H]1CCNC1=O)NC(=O)[C@H](Cc1ccc(F)cc1)NC(=O)c1ccc(-c2cccc3ccccc23)[nH]1. The summed E-state index contributed by atoms with van der Waals surface area (Å²) in [5.41, 5.74) is 3.03. The van der Waals surface area contributed by atoms with Gasteiger partial charge in [-0.25, -0.2) is 9.18 Å². The fraction of sp³-hybridized carbons (Fsp3) is 0.257. The zero-order chi connectivity index (χ0) is 31.3. The fourth-order valence-electron chi connectivity index (χ4n) is 5.92. The van der Waals surface area contributed by atoms with E-state index in [1.807, 2.05) is 48.5 Å². The van der Waals surface area contributed by atoms with Crippen molar-refractivity contribution in [3.8, 4) is 11.3 Å². The summed E-state index contributed by atoms with van der Waals surface area (Å²) in [4.78, 5) is 55.1. The molecule has 9 nitrogen and oxygen atoms in total. The first-order chi connectivity index (χ1) is 21.8. The van der Waals surface area contributed by atoms with Crippen LogP contribution in [0.3, 0.4) is 0 Å². The second-order valence-corrected chi connectivity index (χ2v) is 11.4.